The normalized spacial score (nSPS) is 18.7. The summed E-state index contributed by atoms with van der Waals surface area (Å²) in [6.07, 6.45) is 1.78. The highest BCUT2D eigenvalue weighted by Crippen LogP contribution is 2.39. The lowest BCUT2D eigenvalue weighted by Crippen LogP contribution is -2.06. The summed E-state index contributed by atoms with van der Waals surface area (Å²) in [6, 6.07) is 7.67. The van der Waals surface area contributed by atoms with Crippen molar-refractivity contribution in [2.24, 2.45) is 0 Å². The van der Waals surface area contributed by atoms with Crippen LogP contribution < -0.4 is 0 Å². The number of hydrogen-bond acceptors (Lipinski definition) is 2. The van der Waals surface area contributed by atoms with E-state index in [-0.39, 0.29) is 11.3 Å². The third-order valence-electron chi connectivity index (χ3n) is 2.27. The summed E-state index contributed by atoms with van der Waals surface area (Å²) in [5.41, 5.74) is 2.47. The van der Waals surface area contributed by atoms with Crippen molar-refractivity contribution in [1.29, 1.82) is 0 Å². The highest BCUT2D eigenvalue weighted by molar-refractivity contribution is 6.27. The second-order valence-corrected chi connectivity index (χ2v) is 3.52. The number of halogens is 1. The summed E-state index contributed by atoms with van der Waals surface area (Å²) in [5.74, 6) is -0.360. The Morgan fingerprint density at radius 1 is 1.43 bits per heavy atom. The molecule has 0 fully saturated rings. The molecule has 2 rings (SSSR count). The molecule has 2 nitrogen and oxygen atoms in total. The zero-order valence-corrected chi connectivity index (χ0v) is 8.41. The van der Waals surface area contributed by atoms with Crippen LogP contribution in [0, 0.1) is 0 Å². The summed E-state index contributed by atoms with van der Waals surface area (Å²) in [7, 11) is 1.36. The first-order chi connectivity index (χ1) is 6.74. The maximum Gasteiger partial charge on any atom is 0.335 e. The van der Waals surface area contributed by atoms with E-state index < -0.39 is 0 Å². The standard InChI is InChI=1S/C11H9ClO2/c1-14-11(13)9-6-7-4-2-3-5-8(7)10(9)12/h2-6,10H,1H3. The Morgan fingerprint density at radius 3 is 2.79 bits per heavy atom. The molecule has 0 bridgehead atoms. The summed E-state index contributed by atoms with van der Waals surface area (Å²) < 4.78 is 4.64. The fourth-order valence-electron chi connectivity index (χ4n) is 1.56. The molecule has 0 radical (unpaired) electrons. The molecule has 0 spiro atoms. The van der Waals surface area contributed by atoms with E-state index in [1.165, 1.54) is 7.11 Å². The number of fused-ring (bicyclic) bond motifs is 1. The van der Waals surface area contributed by atoms with Gasteiger partial charge in [0.1, 0.15) is 0 Å². The highest BCUT2D eigenvalue weighted by atomic mass is 35.5. The maximum absolute atomic E-state index is 11.3. The third-order valence-corrected chi connectivity index (χ3v) is 2.74. The van der Waals surface area contributed by atoms with Crippen LogP contribution in [0.15, 0.2) is 29.8 Å². The van der Waals surface area contributed by atoms with Crippen LogP contribution in [0.2, 0.25) is 0 Å². The molecule has 72 valence electrons. The van der Waals surface area contributed by atoms with Crippen molar-refractivity contribution in [3.8, 4) is 0 Å². The fraction of sp³-hybridized carbons (Fsp3) is 0.182. The first kappa shape index (κ1) is 9.28. The van der Waals surface area contributed by atoms with E-state index in [2.05, 4.69) is 4.74 Å². The first-order valence-electron chi connectivity index (χ1n) is 4.27. The molecular formula is C11H9ClO2. The number of methoxy groups -OCH3 is 1. The molecular weight excluding hydrogens is 200 g/mol. The van der Waals surface area contributed by atoms with E-state index in [0.717, 1.165) is 11.1 Å². The van der Waals surface area contributed by atoms with Crippen molar-refractivity contribution in [2.75, 3.05) is 7.11 Å². The van der Waals surface area contributed by atoms with Crippen molar-refractivity contribution in [3.05, 3.63) is 41.0 Å². The molecule has 0 saturated carbocycles. The van der Waals surface area contributed by atoms with Gasteiger partial charge in [-0.25, -0.2) is 4.79 Å². The maximum atomic E-state index is 11.3. The lowest BCUT2D eigenvalue weighted by molar-refractivity contribution is -0.136. The third kappa shape index (κ3) is 1.32. The molecule has 0 aliphatic heterocycles. The lowest BCUT2D eigenvalue weighted by Gasteiger charge is -2.06. The molecule has 0 heterocycles. The number of carbonyl (C=O) groups excluding carboxylic acids is 1. The Labute approximate surface area is 87.1 Å². The predicted molar refractivity (Wildman–Crippen MR) is 55.0 cm³/mol. The zero-order valence-electron chi connectivity index (χ0n) is 7.66. The molecule has 3 heteroatoms. The minimum absolute atomic E-state index is 0.360. The largest absolute Gasteiger partial charge is 0.466 e. The van der Waals surface area contributed by atoms with Crippen LogP contribution >= 0.6 is 11.6 Å². The first-order valence-corrected chi connectivity index (χ1v) is 4.70. The van der Waals surface area contributed by atoms with Crippen LogP contribution in [0.4, 0.5) is 0 Å². The van der Waals surface area contributed by atoms with Crippen LogP contribution in [-0.4, -0.2) is 13.1 Å². The van der Waals surface area contributed by atoms with Gasteiger partial charge in [0.25, 0.3) is 0 Å². The minimum atomic E-state index is -0.376. The van der Waals surface area contributed by atoms with Gasteiger partial charge in [-0.2, -0.15) is 0 Å². The average molecular weight is 209 g/mol. The number of rotatable bonds is 1. The van der Waals surface area contributed by atoms with Crippen LogP contribution in [-0.2, 0) is 9.53 Å². The molecule has 0 N–H and O–H groups in total. The minimum Gasteiger partial charge on any atom is -0.466 e. The number of esters is 1. The molecule has 1 unspecified atom stereocenters. The van der Waals surface area contributed by atoms with Gasteiger partial charge in [-0.1, -0.05) is 24.3 Å². The number of carbonyl (C=O) groups is 1. The molecule has 1 aliphatic rings. The Morgan fingerprint density at radius 2 is 2.14 bits per heavy atom. The Hall–Kier alpha value is -1.28. The van der Waals surface area contributed by atoms with Gasteiger partial charge in [-0.15, -0.1) is 11.6 Å². The molecule has 0 amide bonds. The van der Waals surface area contributed by atoms with Gasteiger partial charge in [0, 0.05) is 0 Å². The lowest BCUT2D eigenvalue weighted by atomic mass is 10.1. The number of hydrogen-bond donors (Lipinski definition) is 0. The van der Waals surface area contributed by atoms with Crippen molar-refractivity contribution in [1.82, 2.24) is 0 Å². The van der Waals surface area contributed by atoms with E-state index in [0.29, 0.717) is 5.57 Å². The number of benzene rings is 1. The molecule has 1 aliphatic carbocycles. The number of ether oxygens (including phenoxy) is 1. The van der Waals surface area contributed by atoms with E-state index in [1.807, 2.05) is 24.3 Å². The number of alkyl halides is 1. The van der Waals surface area contributed by atoms with Crippen LogP contribution in [0.25, 0.3) is 6.08 Å². The Balaban J connectivity index is 2.41. The van der Waals surface area contributed by atoms with Crippen molar-refractivity contribution >= 4 is 23.6 Å². The topological polar surface area (TPSA) is 26.3 Å². The van der Waals surface area contributed by atoms with Gasteiger partial charge < -0.3 is 4.74 Å². The molecule has 1 aromatic carbocycles. The molecule has 0 saturated heterocycles. The average Bonchev–Trinajstić information content (AvgIpc) is 2.56. The monoisotopic (exact) mass is 208 g/mol. The molecule has 0 aromatic heterocycles. The Kier molecular flexibility index (Phi) is 2.30. The molecule has 14 heavy (non-hydrogen) atoms. The van der Waals surface area contributed by atoms with Crippen molar-refractivity contribution < 1.29 is 9.53 Å². The van der Waals surface area contributed by atoms with Crippen LogP contribution in [0.1, 0.15) is 16.5 Å². The van der Waals surface area contributed by atoms with E-state index in [1.54, 1.807) is 6.08 Å². The highest BCUT2D eigenvalue weighted by Gasteiger charge is 2.28. The van der Waals surface area contributed by atoms with E-state index in [4.69, 9.17) is 11.6 Å². The molecule has 1 atom stereocenters. The van der Waals surface area contributed by atoms with Gasteiger partial charge in [0.2, 0.25) is 0 Å². The fourth-order valence-corrected chi connectivity index (χ4v) is 1.91. The predicted octanol–water partition coefficient (Wildman–Crippen LogP) is 2.54. The van der Waals surface area contributed by atoms with E-state index in [9.17, 15) is 4.79 Å². The quantitative estimate of drug-likeness (QED) is 0.524. The van der Waals surface area contributed by atoms with Crippen LogP contribution in [0.3, 0.4) is 0 Å². The second-order valence-electron chi connectivity index (χ2n) is 3.08. The van der Waals surface area contributed by atoms with Crippen molar-refractivity contribution in [2.45, 2.75) is 5.38 Å². The summed E-state index contributed by atoms with van der Waals surface area (Å²) >= 11 is 6.11. The smallest absolute Gasteiger partial charge is 0.335 e. The second kappa shape index (κ2) is 3.46. The SMILES string of the molecule is COC(=O)C1=Cc2ccccc2C1Cl. The van der Waals surface area contributed by atoms with Crippen LogP contribution in [0.5, 0.6) is 0 Å². The zero-order chi connectivity index (χ0) is 10.1. The summed E-state index contributed by atoms with van der Waals surface area (Å²) in [4.78, 5) is 11.3. The summed E-state index contributed by atoms with van der Waals surface area (Å²) in [5, 5.41) is -0.376. The van der Waals surface area contributed by atoms with Gasteiger partial charge in [-0.05, 0) is 17.2 Å². The molecule has 1 aromatic rings. The van der Waals surface area contributed by atoms with Gasteiger partial charge >= 0.3 is 5.97 Å². The van der Waals surface area contributed by atoms with E-state index >= 15 is 0 Å². The Bertz CT molecular complexity index is 410. The van der Waals surface area contributed by atoms with Gasteiger partial charge in [0.05, 0.1) is 18.1 Å². The summed E-state index contributed by atoms with van der Waals surface area (Å²) in [6.45, 7) is 0. The van der Waals surface area contributed by atoms with Gasteiger partial charge in [0.15, 0.2) is 0 Å². The van der Waals surface area contributed by atoms with Gasteiger partial charge in [-0.3, -0.25) is 0 Å². The van der Waals surface area contributed by atoms with Crippen molar-refractivity contribution in [3.63, 3.8) is 0 Å².